The van der Waals surface area contributed by atoms with E-state index in [4.69, 9.17) is 0 Å². The van der Waals surface area contributed by atoms with Gasteiger partial charge < -0.3 is 5.11 Å². The van der Waals surface area contributed by atoms with Crippen molar-refractivity contribution in [2.24, 2.45) is 0 Å². The molecule has 0 aromatic carbocycles. The maximum Gasteiger partial charge on any atom is 0.170 e. The Bertz CT molecular complexity index is 445. The van der Waals surface area contributed by atoms with Gasteiger partial charge in [-0.25, -0.2) is 0 Å². The average molecular weight is 264 g/mol. The van der Waals surface area contributed by atoms with Gasteiger partial charge in [-0.3, -0.25) is 9.48 Å². The normalized spacial score (nSPS) is 18.5. The number of hydrogen-bond donors (Lipinski definition) is 1. The van der Waals surface area contributed by atoms with Gasteiger partial charge in [0.05, 0.1) is 12.1 Å². The van der Waals surface area contributed by atoms with Crippen LogP contribution in [0.15, 0.2) is 6.07 Å². The van der Waals surface area contributed by atoms with Gasteiger partial charge in [0, 0.05) is 12.2 Å². The van der Waals surface area contributed by atoms with Crippen molar-refractivity contribution in [1.29, 1.82) is 0 Å². The molecule has 0 amide bonds. The third-order valence-electron chi connectivity index (χ3n) is 4.12. The van der Waals surface area contributed by atoms with Crippen molar-refractivity contribution in [3.8, 4) is 0 Å². The van der Waals surface area contributed by atoms with Crippen LogP contribution in [0.4, 0.5) is 0 Å². The lowest BCUT2D eigenvalue weighted by Gasteiger charge is -2.30. The Hall–Kier alpha value is -1.16. The van der Waals surface area contributed by atoms with Gasteiger partial charge in [-0.15, -0.1) is 0 Å². The van der Waals surface area contributed by atoms with Gasteiger partial charge in [0.1, 0.15) is 5.60 Å². The van der Waals surface area contributed by atoms with Crippen molar-refractivity contribution in [2.75, 3.05) is 0 Å². The molecule has 0 radical (unpaired) electrons. The Morgan fingerprint density at radius 1 is 1.37 bits per heavy atom. The zero-order chi connectivity index (χ0) is 13.9. The van der Waals surface area contributed by atoms with E-state index < -0.39 is 5.60 Å². The number of rotatable bonds is 5. The second-order valence-electron chi connectivity index (χ2n) is 5.49. The summed E-state index contributed by atoms with van der Waals surface area (Å²) in [6.07, 6.45) is 5.45. The molecule has 4 heteroatoms. The highest BCUT2D eigenvalue weighted by Gasteiger charge is 2.36. The molecule has 0 atom stereocenters. The number of hydrogen-bond acceptors (Lipinski definition) is 3. The molecule has 1 aromatic rings. The largest absolute Gasteiger partial charge is 0.382 e. The molecule has 0 spiro atoms. The molecule has 1 N–H and O–H groups in total. The summed E-state index contributed by atoms with van der Waals surface area (Å²) in [7, 11) is 0. The number of nitrogens with zero attached hydrogens (tertiary/aromatic N) is 2. The maximum atomic E-state index is 12.4. The van der Waals surface area contributed by atoms with Crippen molar-refractivity contribution < 1.29 is 9.90 Å². The van der Waals surface area contributed by atoms with Crippen LogP contribution >= 0.6 is 0 Å². The van der Waals surface area contributed by atoms with Crippen LogP contribution in [0.3, 0.4) is 0 Å². The van der Waals surface area contributed by atoms with Crippen LogP contribution in [0.5, 0.6) is 0 Å². The van der Waals surface area contributed by atoms with E-state index in [9.17, 15) is 9.90 Å². The summed E-state index contributed by atoms with van der Waals surface area (Å²) in [5.74, 6) is -0.0375. The minimum Gasteiger partial charge on any atom is -0.382 e. The van der Waals surface area contributed by atoms with Crippen LogP contribution in [-0.2, 0) is 24.2 Å². The molecule has 1 fully saturated rings. The number of aliphatic hydroxyl groups is 1. The van der Waals surface area contributed by atoms with Crippen LogP contribution in [-0.4, -0.2) is 26.3 Å². The summed E-state index contributed by atoms with van der Waals surface area (Å²) in [5.41, 5.74) is 0.858. The van der Waals surface area contributed by atoms with Crippen molar-refractivity contribution in [3.63, 3.8) is 0 Å². The molecular formula is C15H24N2O2. The number of aryl methyl sites for hydroxylation is 2. The Kier molecular flexibility index (Phi) is 4.40. The second-order valence-corrected chi connectivity index (χ2v) is 5.49. The minimum atomic E-state index is -1.09. The first kappa shape index (κ1) is 14.3. The third-order valence-corrected chi connectivity index (χ3v) is 4.12. The molecule has 0 aliphatic heterocycles. The molecule has 19 heavy (non-hydrogen) atoms. The first-order valence-electron chi connectivity index (χ1n) is 7.40. The lowest BCUT2D eigenvalue weighted by Crippen LogP contribution is -2.41. The van der Waals surface area contributed by atoms with E-state index in [0.717, 1.165) is 43.6 Å². The molecule has 1 aromatic heterocycles. The SMILES string of the molecule is CCc1cc(CC(=O)C2(O)CCCCC2)n(CC)n1. The highest BCUT2D eigenvalue weighted by Crippen LogP contribution is 2.29. The van der Waals surface area contributed by atoms with Gasteiger partial charge in [0.15, 0.2) is 5.78 Å². The van der Waals surface area contributed by atoms with Crippen molar-refractivity contribution in [1.82, 2.24) is 9.78 Å². The fourth-order valence-electron chi connectivity index (χ4n) is 2.85. The Morgan fingerprint density at radius 3 is 2.63 bits per heavy atom. The zero-order valence-electron chi connectivity index (χ0n) is 12.0. The molecule has 0 saturated heterocycles. The van der Waals surface area contributed by atoms with Crippen LogP contribution < -0.4 is 0 Å². The van der Waals surface area contributed by atoms with Gasteiger partial charge >= 0.3 is 0 Å². The standard InChI is InChI=1S/C15H24N2O2/c1-3-12-10-13(17(4-2)16-12)11-14(18)15(19)8-6-5-7-9-15/h10,19H,3-9,11H2,1-2H3. The Labute approximate surface area is 114 Å². The van der Waals surface area contributed by atoms with Crippen molar-refractivity contribution in [3.05, 3.63) is 17.5 Å². The van der Waals surface area contributed by atoms with Crippen LogP contribution in [0.1, 0.15) is 57.3 Å². The van der Waals surface area contributed by atoms with Crippen LogP contribution in [0.25, 0.3) is 0 Å². The number of carbonyl (C=O) groups is 1. The third kappa shape index (κ3) is 3.06. The summed E-state index contributed by atoms with van der Waals surface area (Å²) >= 11 is 0. The lowest BCUT2D eigenvalue weighted by atomic mass is 9.80. The molecule has 0 unspecified atom stereocenters. The maximum absolute atomic E-state index is 12.4. The average Bonchev–Trinajstić information content (AvgIpc) is 2.82. The summed E-state index contributed by atoms with van der Waals surface area (Å²) in [5, 5.41) is 14.9. The summed E-state index contributed by atoms with van der Waals surface area (Å²) < 4.78 is 1.88. The smallest absolute Gasteiger partial charge is 0.170 e. The van der Waals surface area contributed by atoms with Gasteiger partial charge in [0.2, 0.25) is 0 Å². The highest BCUT2D eigenvalue weighted by molar-refractivity contribution is 5.88. The van der Waals surface area contributed by atoms with Gasteiger partial charge in [-0.2, -0.15) is 5.10 Å². The number of ketones is 1. The summed E-state index contributed by atoms with van der Waals surface area (Å²) in [4.78, 5) is 12.4. The number of aromatic nitrogens is 2. The molecule has 1 saturated carbocycles. The van der Waals surface area contributed by atoms with Crippen LogP contribution in [0.2, 0.25) is 0 Å². The quantitative estimate of drug-likeness (QED) is 0.887. The Balaban J connectivity index is 2.11. The predicted octanol–water partition coefficient (Wildman–Crippen LogP) is 2.27. The fraction of sp³-hybridized carbons (Fsp3) is 0.733. The first-order chi connectivity index (χ1) is 9.09. The Morgan fingerprint density at radius 2 is 2.05 bits per heavy atom. The van der Waals surface area contributed by atoms with E-state index in [0.29, 0.717) is 19.3 Å². The molecule has 4 nitrogen and oxygen atoms in total. The molecule has 1 aliphatic carbocycles. The lowest BCUT2D eigenvalue weighted by molar-refractivity contribution is -0.139. The topological polar surface area (TPSA) is 55.1 Å². The highest BCUT2D eigenvalue weighted by atomic mass is 16.3. The van der Waals surface area contributed by atoms with E-state index in [1.165, 1.54) is 0 Å². The van der Waals surface area contributed by atoms with E-state index in [2.05, 4.69) is 12.0 Å². The van der Waals surface area contributed by atoms with Gasteiger partial charge in [-0.05, 0) is 32.3 Å². The van der Waals surface area contributed by atoms with Gasteiger partial charge in [0.25, 0.3) is 0 Å². The summed E-state index contributed by atoms with van der Waals surface area (Å²) in [6.45, 7) is 4.85. The zero-order valence-corrected chi connectivity index (χ0v) is 12.0. The predicted molar refractivity (Wildman–Crippen MR) is 74.0 cm³/mol. The number of Topliss-reactive ketones (excluding diaryl/α,β-unsaturated/α-hetero) is 1. The molecular weight excluding hydrogens is 240 g/mol. The number of carbonyl (C=O) groups excluding carboxylic acids is 1. The molecule has 1 heterocycles. The van der Waals surface area contributed by atoms with E-state index >= 15 is 0 Å². The van der Waals surface area contributed by atoms with E-state index in [1.807, 2.05) is 17.7 Å². The second kappa shape index (κ2) is 5.87. The summed E-state index contributed by atoms with van der Waals surface area (Å²) in [6, 6.07) is 1.99. The van der Waals surface area contributed by atoms with Crippen LogP contribution in [0, 0.1) is 0 Å². The minimum absolute atomic E-state index is 0.0375. The van der Waals surface area contributed by atoms with E-state index in [1.54, 1.807) is 0 Å². The molecule has 0 bridgehead atoms. The van der Waals surface area contributed by atoms with Crippen molar-refractivity contribution >= 4 is 5.78 Å². The van der Waals surface area contributed by atoms with Crippen molar-refractivity contribution in [2.45, 2.75) is 70.9 Å². The monoisotopic (exact) mass is 264 g/mol. The molecule has 1 aliphatic rings. The van der Waals surface area contributed by atoms with E-state index in [-0.39, 0.29) is 5.78 Å². The molecule has 106 valence electrons. The van der Waals surface area contributed by atoms with Gasteiger partial charge in [-0.1, -0.05) is 26.2 Å². The first-order valence-corrected chi connectivity index (χ1v) is 7.40. The fourth-order valence-corrected chi connectivity index (χ4v) is 2.85. The molecule has 2 rings (SSSR count).